The zero-order chi connectivity index (χ0) is 22.6. The van der Waals surface area contributed by atoms with E-state index < -0.39 is 24.1 Å². The summed E-state index contributed by atoms with van der Waals surface area (Å²) in [7, 11) is 2.80. The van der Waals surface area contributed by atoms with Crippen LogP contribution >= 0.6 is 0 Å². The fraction of sp³-hybridized carbons (Fsp3) is 0.364. The first kappa shape index (κ1) is 23.2. The monoisotopic (exact) mass is 418 g/mol. The summed E-state index contributed by atoms with van der Waals surface area (Å²) in [5.41, 5.74) is 1.59. The van der Waals surface area contributed by atoms with Gasteiger partial charge in [0.05, 0.1) is 26.4 Å². The molecule has 0 aliphatic heterocycles. The predicted molar refractivity (Wildman–Crippen MR) is 109 cm³/mol. The van der Waals surface area contributed by atoms with Crippen LogP contribution < -0.4 is 18.9 Å². The minimum atomic E-state index is -0.858. The lowest BCUT2D eigenvalue weighted by Crippen LogP contribution is -2.09. The summed E-state index contributed by atoms with van der Waals surface area (Å²) >= 11 is 0. The van der Waals surface area contributed by atoms with Crippen molar-refractivity contribution >= 4 is 11.9 Å². The third-order valence-corrected chi connectivity index (χ3v) is 4.34. The van der Waals surface area contributed by atoms with Crippen LogP contribution in [-0.2, 0) is 9.59 Å². The first-order chi connectivity index (χ1) is 14.1. The second kappa shape index (κ2) is 9.60. The molecule has 0 aromatic heterocycles. The molecule has 0 bridgehead atoms. The van der Waals surface area contributed by atoms with Crippen LogP contribution in [0, 0.1) is 0 Å². The molecule has 2 atom stereocenters. The van der Waals surface area contributed by atoms with Crippen LogP contribution in [0.3, 0.4) is 0 Å². The number of benzene rings is 2. The number of methoxy groups -OCH3 is 2. The third-order valence-electron chi connectivity index (χ3n) is 4.34. The molecule has 8 nitrogen and oxygen atoms in total. The van der Waals surface area contributed by atoms with Gasteiger partial charge in [-0.05, 0) is 49.2 Å². The van der Waals surface area contributed by atoms with E-state index in [-0.39, 0.29) is 23.0 Å². The maximum Gasteiger partial charge on any atom is 0.308 e. The molecule has 0 fully saturated rings. The van der Waals surface area contributed by atoms with Crippen molar-refractivity contribution in [2.24, 2.45) is 0 Å². The summed E-state index contributed by atoms with van der Waals surface area (Å²) in [6.07, 6.45) is -1.72. The molecule has 0 aliphatic rings. The van der Waals surface area contributed by atoms with Gasteiger partial charge in [-0.15, -0.1) is 0 Å². The number of hydrogen-bond donors (Lipinski definition) is 2. The van der Waals surface area contributed by atoms with Crippen molar-refractivity contribution in [3.63, 3.8) is 0 Å². The highest BCUT2D eigenvalue weighted by Gasteiger charge is 2.25. The van der Waals surface area contributed by atoms with Crippen LogP contribution in [0.25, 0.3) is 11.1 Å². The molecule has 2 aromatic rings. The van der Waals surface area contributed by atoms with E-state index in [4.69, 9.17) is 18.9 Å². The van der Waals surface area contributed by atoms with Gasteiger partial charge in [0.1, 0.15) is 0 Å². The number of ether oxygens (including phenoxy) is 4. The fourth-order valence-corrected chi connectivity index (χ4v) is 2.93. The summed E-state index contributed by atoms with van der Waals surface area (Å²) < 4.78 is 21.6. The van der Waals surface area contributed by atoms with Gasteiger partial charge < -0.3 is 29.2 Å². The van der Waals surface area contributed by atoms with Crippen LogP contribution in [0.15, 0.2) is 24.3 Å². The fourth-order valence-electron chi connectivity index (χ4n) is 2.93. The van der Waals surface area contributed by atoms with E-state index in [0.29, 0.717) is 22.3 Å². The lowest BCUT2D eigenvalue weighted by atomic mass is 9.95. The van der Waals surface area contributed by atoms with Crippen LogP contribution in [-0.4, -0.2) is 36.4 Å². The van der Waals surface area contributed by atoms with Crippen molar-refractivity contribution in [1.82, 2.24) is 0 Å². The van der Waals surface area contributed by atoms with Gasteiger partial charge in [-0.3, -0.25) is 9.59 Å². The van der Waals surface area contributed by atoms with Crippen molar-refractivity contribution < 1.29 is 38.7 Å². The highest BCUT2D eigenvalue weighted by molar-refractivity contribution is 5.86. The minimum absolute atomic E-state index is 0.0765. The molecule has 0 amide bonds. The van der Waals surface area contributed by atoms with Gasteiger partial charge in [-0.1, -0.05) is 0 Å². The molecule has 30 heavy (non-hydrogen) atoms. The highest BCUT2D eigenvalue weighted by Crippen LogP contribution is 2.48. The first-order valence-electron chi connectivity index (χ1n) is 9.26. The second-order valence-electron chi connectivity index (χ2n) is 6.74. The van der Waals surface area contributed by atoms with Crippen molar-refractivity contribution in [2.75, 3.05) is 14.2 Å². The van der Waals surface area contributed by atoms with Crippen molar-refractivity contribution in [1.29, 1.82) is 0 Å². The van der Waals surface area contributed by atoms with E-state index in [1.165, 1.54) is 28.1 Å². The number of rotatable bonds is 7. The normalized spacial score (nSPS) is 12.7. The largest absolute Gasteiger partial charge is 0.493 e. The average molecular weight is 418 g/mol. The Kier molecular flexibility index (Phi) is 7.42. The molecule has 0 spiro atoms. The molecule has 0 heterocycles. The van der Waals surface area contributed by atoms with Gasteiger partial charge in [0.15, 0.2) is 23.0 Å². The van der Waals surface area contributed by atoms with E-state index in [2.05, 4.69) is 0 Å². The molecular formula is C22H26O8. The summed E-state index contributed by atoms with van der Waals surface area (Å²) in [5.74, 6) is -0.623. The number of esters is 2. The maximum absolute atomic E-state index is 11.8. The minimum Gasteiger partial charge on any atom is -0.493 e. The SMILES string of the molecule is COc1cc([C@H](C)O)cc(-c2cc([C@H](C)O)cc(OC)c2OC(C)=O)c1OC(C)=O. The molecule has 0 saturated heterocycles. The summed E-state index contributed by atoms with van der Waals surface area (Å²) in [6.45, 7) is 5.63. The Bertz CT molecular complexity index is 869. The predicted octanol–water partition coefficient (Wildman–Crippen LogP) is 3.33. The van der Waals surface area contributed by atoms with Gasteiger partial charge in [0.2, 0.25) is 0 Å². The molecule has 8 heteroatoms. The molecular weight excluding hydrogens is 392 g/mol. The molecule has 0 radical (unpaired) electrons. The van der Waals surface area contributed by atoms with E-state index in [1.54, 1.807) is 38.1 Å². The van der Waals surface area contributed by atoms with Crippen molar-refractivity contribution in [2.45, 2.75) is 39.9 Å². The van der Waals surface area contributed by atoms with Crippen LogP contribution in [0.1, 0.15) is 51.0 Å². The Morgan fingerprint density at radius 2 is 1.07 bits per heavy atom. The molecule has 2 N–H and O–H groups in total. The summed E-state index contributed by atoms with van der Waals surface area (Å²) in [6, 6.07) is 6.29. The lowest BCUT2D eigenvalue weighted by molar-refractivity contribution is -0.133. The molecule has 2 rings (SSSR count). The van der Waals surface area contributed by atoms with E-state index >= 15 is 0 Å². The summed E-state index contributed by atoms with van der Waals surface area (Å²) in [4.78, 5) is 23.5. The van der Waals surface area contributed by atoms with Gasteiger partial charge in [0, 0.05) is 25.0 Å². The molecule has 162 valence electrons. The van der Waals surface area contributed by atoms with Crippen LogP contribution in [0.5, 0.6) is 23.0 Å². The first-order valence-corrected chi connectivity index (χ1v) is 9.26. The Balaban J connectivity index is 2.98. The second-order valence-corrected chi connectivity index (χ2v) is 6.74. The Morgan fingerprint density at radius 1 is 0.733 bits per heavy atom. The zero-order valence-electron chi connectivity index (χ0n) is 17.8. The average Bonchev–Trinajstić information content (AvgIpc) is 2.67. The molecule has 2 aromatic carbocycles. The highest BCUT2D eigenvalue weighted by atomic mass is 16.6. The van der Waals surface area contributed by atoms with Crippen LogP contribution in [0.2, 0.25) is 0 Å². The lowest BCUT2D eigenvalue weighted by Gasteiger charge is -2.21. The van der Waals surface area contributed by atoms with Crippen molar-refractivity contribution in [3.05, 3.63) is 35.4 Å². The quantitative estimate of drug-likeness (QED) is 0.520. The number of aliphatic hydroxyl groups excluding tert-OH is 2. The molecule has 0 unspecified atom stereocenters. The number of carbonyl (C=O) groups excluding carboxylic acids is 2. The van der Waals surface area contributed by atoms with Gasteiger partial charge >= 0.3 is 11.9 Å². The van der Waals surface area contributed by atoms with E-state index in [9.17, 15) is 19.8 Å². The maximum atomic E-state index is 11.8. The van der Waals surface area contributed by atoms with Crippen LogP contribution in [0.4, 0.5) is 0 Å². The van der Waals surface area contributed by atoms with E-state index in [0.717, 1.165) is 0 Å². The Hall–Kier alpha value is -3.10. The Labute approximate surface area is 175 Å². The topological polar surface area (TPSA) is 112 Å². The van der Waals surface area contributed by atoms with Gasteiger partial charge in [-0.2, -0.15) is 0 Å². The number of carbonyl (C=O) groups is 2. The zero-order valence-corrected chi connectivity index (χ0v) is 17.8. The third kappa shape index (κ3) is 5.08. The summed E-state index contributed by atoms with van der Waals surface area (Å²) in [5, 5.41) is 20.3. The number of aliphatic hydroxyl groups is 2. The Morgan fingerprint density at radius 3 is 1.30 bits per heavy atom. The standard InChI is InChI=1S/C22H26O8/c1-11(23)15-7-17(21(29-13(3)25)19(9-15)27-5)18-8-16(12(2)24)10-20(28-6)22(18)30-14(4)26/h7-12,23-24H,1-6H3/t11-,12-/m0/s1. The van der Waals surface area contributed by atoms with Crippen molar-refractivity contribution in [3.8, 4) is 34.1 Å². The molecule has 0 aliphatic carbocycles. The smallest absolute Gasteiger partial charge is 0.308 e. The van der Waals surface area contributed by atoms with Gasteiger partial charge in [0.25, 0.3) is 0 Å². The molecule has 0 saturated carbocycles. The van der Waals surface area contributed by atoms with E-state index in [1.807, 2.05) is 0 Å². The van der Waals surface area contributed by atoms with Gasteiger partial charge in [-0.25, -0.2) is 0 Å². The number of hydrogen-bond acceptors (Lipinski definition) is 8.